The summed E-state index contributed by atoms with van der Waals surface area (Å²) < 4.78 is 135. The Morgan fingerprint density at radius 2 is 1.29 bits per heavy atom. The van der Waals surface area contributed by atoms with Crippen molar-refractivity contribution in [1.82, 2.24) is 0 Å². The predicted molar refractivity (Wildman–Crippen MR) is 156 cm³/mol. The summed E-state index contributed by atoms with van der Waals surface area (Å²) in [6.07, 6.45) is -16.5. The molecule has 0 aliphatic rings. The summed E-state index contributed by atoms with van der Waals surface area (Å²) >= 11 is 17.7. The third kappa shape index (κ3) is 10.2. The lowest BCUT2D eigenvalue weighted by molar-refractivity contribution is -0.138. The summed E-state index contributed by atoms with van der Waals surface area (Å²) in [4.78, 5) is 29.2. The molecule has 0 bridgehead atoms. The number of halogens is 10. The molecule has 0 aromatic heterocycles. The van der Waals surface area contributed by atoms with Crippen LogP contribution in [-0.4, -0.2) is 58.7 Å². The molecule has 0 N–H and O–H groups in total. The van der Waals surface area contributed by atoms with Crippen LogP contribution < -0.4 is 0 Å². The number of esters is 2. The molecule has 0 aliphatic heterocycles. The highest BCUT2D eigenvalue weighted by Crippen LogP contribution is 2.34. The van der Waals surface area contributed by atoms with E-state index in [1.165, 1.54) is 0 Å². The lowest BCUT2D eigenvalue weighted by Gasteiger charge is -2.27. The molecule has 9 nitrogen and oxygen atoms in total. The highest BCUT2D eigenvalue weighted by molar-refractivity contribution is 7.87. The van der Waals surface area contributed by atoms with Gasteiger partial charge in [-0.3, -0.25) is 4.18 Å². The van der Waals surface area contributed by atoms with Gasteiger partial charge in [-0.15, -0.1) is 0 Å². The Bertz CT molecular complexity index is 1750. The van der Waals surface area contributed by atoms with Gasteiger partial charge in [-0.2, -0.15) is 34.8 Å². The molecule has 0 heterocycles. The lowest BCUT2D eigenvalue weighted by Crippen LogP contribution is -2.45. The van der Waals surface area contributed by atoms with Crippen molar-refractivity contribution in [3.63, 3.8) is 0 Å². The van der Waals surface area contributed by atoms with E-state index in [0.717, 1.165) is 31.4 Å². The third-order valence-corrected chi connectivity index (χ3v) is 8.52. The van der Waals surface area contributed by atoms with Crippen molar-refractivity contribution in [2.45, 2.75) is 35.6 Å². The van der Waals surface area contributed by atoms with Gasteiger partial charge in [0, 0.05) is 0 Å². The molecule has 0 unspecified atom stereocenters. The normalized spacial score (nSPS) is 14.3. The first kappa shape index (κ1) is 38.8. The van der Waals surface area contributed by atoms with Crippen LogP contribution in [0.15, 0.2) is 70.7 Å². The average Bonchev–Trinajstić information content (AvgIpc) is 3.01. The molecule has 3 rings (SSSR count). The van der Waals surface area contributed by atoms with E-state index in [-0.39, 0.29) is 10.0 Å². The van der Waals surface area contributed by atoms with Gasteiger partial charge in [0.25, 0.3) is 10.1 Å². The van der Waals surface area contributed by atoms with Crippen LogP contribution in [0.5, 0.6) is 0 Å². The van der Waals surface area contributed by atoms with Gasteiger partial charge in [0.05, 0.1) is 43.5 Å². The molecule has 48 heavy (non-hydrogen) atoms. The third-order valence-electron chi connectivity index (χ3n) is 6.00. The van der Waals surface area contributed by atoms with Gasteiger partial charge in [-0.05, 0) is 60.7 Å². The van der Waals surface area contributed by atoms with Crippen LogP contribution >= 0.6 is 34.8 Å². The maximum Gasteiger partial charge on any atom is 0.416 e. The van der Waals surface area contributed by atoms with Crippen LogP contribution in [0.4, 0.5) is 30.7 Å². The Morgan fingerprint density at radius 3 is 1.77 bits per heavy atom. The second-order valence-corrected chi connectivity index (χ2v) is 12.0. The van der Waals surface area contributed by atoms with E-state index in [1.807, 2.05) is 0 Å². The van der Waals surface area contributed by atoms with Crippen LogP contribution in [0, 0.1) is 0 Å². The van der Waals surface area contributed by atoms with E-state index in [1.54, 1.807) is 0 Å². The van der Waals surface area contributed by atoms with Crippen molar-refractivity contribution >= 4 is 63.1 Å². The van der Waals surface area contributed by atoms with Gasteiger partial charge in [-0.1, -0.05) is 40.0 Å². The summed E-state index contributed by atoms with van der Waals surface area (Å²) in [6.45, 7) is -1.26. The number of hydrogen-bond acceptors (Lipinski definition) is 9. The molecule has 0 spiro atoms. The van der Waals surface area contributed by atoms with Crippen LogP contribution in [0.25, 0.3) is 0 Å². The molecule has 0 fully saturated rings. The number of alkyl halides is 7. The molecule has 3 atom stereocenters. The maximum atomic E-state index is 15.5. The summed E-state index contributed by atoms with van der Waals surface area (Å²) in [5.41, 5.74) is -3.28. The number of oxime groups is 1. The largest absolute Gasteiger partial charge is 0.459 e. The average molecular weight is 769 g/mol. The van der Waals surface area contributed by atoms with Crippen molar-refractivity contribution in [3.8, 4) is 0 Å². The fraction of sp³-hybridized carbons (Fsp3) is 0.250. The fourth-order valence-electron chi connectivity index (χ4n) is 3.66. The maximum absolute atomic E-state index is 15.5. The summed E-state index contributed by atoms with van der Waals surface area (Å²) in [5, 5.41) is 2.14. The topological polar surface area (TPSA) is 118 Å². The van der Waals surface area contributed by atoms with Crippen molar-refractivity contribution in [1.29, 1.82) is 0 Å². The molecule has 0 saturated heterocycles. The fourth-order valence-corrected chi connectivity index (χ4v) is 5.71. The zero-order valence-corrected chi connectivity index (χ0v) is 26.8. The molecule has 3 aromatic rings. The lowest BCUT2D eigenvalue weighted by atomic mass is 10.1. The molecule has 3 aromatic carbocycles. The van der Waals surface area contributed by atoms with E-state index in [4.69, 9.17) is 48.5 Å². The summed E-state index contributed by atoms with van der Waals surface area (Å²) in [6, 6.07) is 6.66. The van der Waals surface area contributed by atoms with Crippen molar-refractivity contribution < 1.29 is 67.2 Å². The van der Waals surface area contributed by atoms with E-state index >= 15 is 4.39 Å². The van der Waals surface area contributed by atoms with Crippen molar-refractivity contribution in [2.24, 2.45) is 5.16 Å². The van der Waals surface area contributed by atoms with Gasteiger partial charge in [0.1, 0.15) is 18.6 Å². The second-order valence-electron chi connectivity index (χ2n) is 9.29. The predicted octanol–water partition coefficient (Wildman–Crippen LogP) is 7.81. The molecule has 0 saturated carbocycles. The van der Waals surface area contributed by atoms with Crippen LogP contribution in [0.1, 0.15) is 31.8 Å². The highest BCUT2D eigenvalue weighted by atomic mass is 35.5. The van der Waals surface area contributed by atoms with Crippen LogP contribution in [0.2, 0.25) is 15.1 Å². The molecular formula is C28H19Cl3F7NO8S. The zero-order chi connectivity index (χ0) is 36.0. The van der Waals surface area contributed by atoms with Gasteiger partial charge in [0.15, 0.2) is 18.4 Å². The van der Waals surface area contributed by atoms with E-state index in [0.29, 0.717) is 42.6 Å². The van der Waals surface area contributed by atoms with Crippen molar-refractivity contribution in [3.05, 3.63) is 98.0 Å². The van der Waals surface area contributed by atoms with Crippen molar-refractivity contribution in [2.75, 3.05) is 13.7 Å². The van der Waals surface area contributed by atoms with Gasteiger partial charge < -0.3 is 14.3 Å². The number of carbonyl (C=O) groups excluding carboxylic acids is 2. The minimum Gasteiger partial charge on any atom is -0.459 e. The summed E-state index contributed by atoms with van der Waals surface area (Å²) in [7, 11) is -4.15. The highest BCUT2D eigenvalue weighted by Gasteiger charge is 2.40. The molecule has 0 amide bonds. The SMILES string of the molecule is CO/N=C\[C@@H](F)[C@H](OC(=O)c1ccc(C(F)(F)F)cc1)[C@@H](COC(=O)c1ccc(C(F)(F)F)cc1)OS(=O)(=O)c1cc(Cl)c(Cl)cc1Cl. The quantitative estimate of drug-likeness (QED) is 0.0458. The van der Waals surface area contributed by atoms with Crippen LogP contribution in [-0.2, 0) is 41.0 Å². The Hall–Kier alpha value is -3.64. The Kier molecular flexibility index (Phi) is 12.7. The molecular weight excluding hydrogens is 750 g/mol. The molecule has 20 heteroatoms. The number of ether oxygens (including phenoxy) is 2. The number of hydrogen-bond donors (Lipinski definition) is 0. The first-order valence-corrected chi connectivity index (χ1v) is 15.3. The van der Waals surface area contributed by atoms with Crippen LogP contribution in [0.3, 0.4) is 0 Å². The Labute approximate surface area is 282 Å². The minimum atomic E-state index is -5.14. The smallest absolute Gasteiger partial charge is 0.416 e. The number of rotatable bonds is 12. The van der Waals surface area contributed by atoms with Gasteiger partial charge in [-0.25, -0.2) is 14.0 Å². The Balaban J connectivity index is 2.03. The number of carbonyl (C=O) groups is 2. The Morgan fingerprint density at radius 1 is 0.812 bits per heavy atom. The first-order chi connectivity index (χ1) is 22.2. The number of nitrogens with zero attached hydrogens (tertiary/aromatic N) is 1. The minimum absolute atomic E-state index is 0.175. The standard InChI is InChI=1S/C28H19Cl3F7NO8S/c1-44-39-12-21(32)24(46-26(41)15-4-8-17(9-5-15)28(36,37)38)22(47-48(42,43)23-11-19(30)18(29)10-20(23)31)13-45-25(40)14-2-6-16(7-3-14)27(33,34)35/h2-12,21-22,24H,13H2,1H3/b39-12-/t21-,22-,24+/m1/s1. The molecule has 0 aliphatic carbocycles. The van der Waals surface area contributed by atoms with Gasteiger partial charge >= 0.3 is 24.3 Å². The van der Waals surface area contributed by atoms with Gasteiger partial charge in [0.2, 0.25) is 0 Å². The molecule has 0 radical (unpaired) electrons. The zero-order valence-electron chi connectivity index (χ0n) is 23.7. The van der Waals surface area contributed by atoms with E-state index in [9.17, 15) is 44.3 Å². The summed E-state index contributed by atoms with van der Waals surface area (Å²) in [5.74, 6) is -2.84. The van der Waals surface area contributed by atoms with E-state index < -0.39 is 91.6 Å². The number of benzene rings is 3. The first-order valence-electron chi connectivity index (χ1n) is 12.8. The molecule has 260 valence electrons. The monoisotopic (exact) mass is 767 g/mol. The van der Waals surface area contributed by atoms with E-state index in [2.05, 4.69) is 9.99 Å². The second kappa shape index (κ2) is 15.7.